The summed E-state index contributed by atoms with van der Waals surface area (Å²) in [6.45, 7) is 11.8. The van der Waals surface area contributed by atoms with Gasteiger partial charge in [0.15, 0.2) is 0 Å². The zero-order valence-electron chi connectivity index (χ0n) is 23.9. The molecular formula is C28H46O11. The van der Waals surface area contributed by atoms with Gasteiger partial charge in [0.25, 0.3) is 0 Å². The Labute approximate surface area is 231 Å². The first kappa shape index (κ1) is 33.2. The van der Waals surface area contributed by atoms with E-state index in [1.54, 1.807) is 20.1 Å². The molecule has 0 radical (unpaired) electrons. The Morgan fingerprint density at radius 1 is 0.795 bits per heavy atom. The minimum absolute atomic E-state index is 0.134. The normalized spacial score (nSPS) is 16.6. The van der Waals surface area contributed by atoms with Crippen LogP contribution in [-0.4, -0.2) is 116 Å². The van der Waals surface area contributed by atoms with Crippen LogP contribution in [0.2, 0.25) is 0 Å². The second-order valence-electron chi connectivity index (χ2n) is 9.28. The highest BCUT2D eigenvalue weighted by atomic mass is 16.6. The molecule has 39 heavy (non-hydrogen) atoms. The number of fused-ring (bicyclic) bond motifs is 1. The number of carbonyl (C=O) groups is 1. The lowest BCUT2D eigenvalue weighted by Gasteiger charge is -2.34. The summed E-state index contributed by atoms with van der Waals surface area (Å²) in [7, 11) is 1.64. The van der Waals surface area contributed by atoms with E-state index in [1.807, 2.05) is 13.8 Å². The fraction of sp³-hybridized carbons (Fsp3) is 0.750. The van der Waals surface area contributed by atoms with Crippen LogP contribution in [0.1, 0.15) is 30.0 Å². The predicted octanol–water partition coefficient (Wildman–Crippen LogP) is 2.38. The van der Waals surface area contributed by atoms with Gasteiger partial charge in [-0.1, -0.05) is 0 Å². The number of carbonyl (C=O) groups excluding carboxylic acids is 1. The Morgan fingerprint density at radius 2 is 1.23 bits per heavy atom. The van der Waals surface area contributed by atoms with Crippen LogP contribution in [-0.2, 0) is 49.1 Å². The number of phenols is 1. The molecule has 0 saturated carbocycles. The minimum atomic E-state index is -1.07. The summed E-state index contributed by atoms with van der Waals surface area (Å²) in [6, 6.07) is 1.77. The van der Waals surface area contributed by atoms with Crippen molar-refractivity contribution >= 4 is 5.97 Å². The lowest BCUT2D eigenvalue weighted by atomic mass is 9.89. The van der Waals surface area contributed by atoms with Gasteiger partial charge in [0.1, 0.15) is 18.1 Å². The number of phenolic OH excluding ortho intramolecular Hbond substituents is 1. The first-order valence-electron chi connectivity index (χ1n) is 13.5. The van der Waals surface area contributed by atoms with Gasteiger partial charge in [-0.15, -0.1) is 0 Å². The number of rotatable bonds is 22. The van der Waals surface area contributed by atoms with Gasteiger partial charge in [0.05, 0.1) is 85.9 Å². The molecule has 11 heteroatoms. The average Bonchev–Trinajstić information content (AvgIpc) is 2.92. The summed E-state index contributed by atoms with van der Waals surface area (Å²) in [6.07, 6.45) is 1.11. The van der Waals surface area contributed by atoms with E-state index in [-0.39, 0.29) is 19.0 Å². The van der Waals surface area contributed by atoms with Gasteiger partial charge in [-0.2, -0.15) is 0 Å². The van der Waals surface area contributed by atoms with Crippen LogP contribution in [0.15, 0.2) is 6.07 Å². The number of esters is 1. The highest BCUT2D eigenvalue weighted by Crippen LogP contribution is 2.40. The quantitative estimate of drug-likeness (QED) is 0.167. The van der Waals surface area contributed by atoms with Crippen molar-refractivity contribution in [3.05, 3.63) is 22.8 Å². The van der Waals surface area contributed by atoms with Crippen molar-refractivity contribution < 1.29 is 52.5 Å². The molecule has 1 aliphatic rings. The molecule has 2 rings (SSSR count). The molecule has 0 bridgehead atoms. The van der Waals surface area contributed by atoms with Gasteiger partial charge >= 0.3 is 5.97 Å². The maximum atomic E-state index is 12.7. The molecule has 0 aliphatic carbocycles. The Balaban J connectivity index is 1.38. The lowest BCUT2D eigenvalue weighted by molar-refractivity contribution is -0.163. The van der Waals surface area contributed by atoms with E-state index in [2.05, 4.69) is 0 Å². The monoisotopic (exact) mass is 558 g/mol. The van der Waals surface area contributed by atoms with Crippen LogP contribution in [0.3, 0.4) is 0 Å². The van der Waals surface area contributed by atoms with E-state index in [1.165, 1.54) is 0 Å². The summed E-state index contributed by atoms with van der Waals surface area (Å²) in [5, 5.41) is 10.1. The van der Waals surface area contributed by atoms with Gasteiger partial charge in [-0.25, -0.2) is 4.79 Å². The molecule has 1 unspecified atom stereocenters. The van der Waals surface area contributed by atoms with Crippen LogP contribution >= 0.6 is 0 Å². The Bertz CT molecular complexity index is 832. The first-order valence-corrected chi connectivity index (χ1v) is 13.5. The number of hydrogen-bond donors (Lipinski definition) is 1. The molecule has 0 aromatic heterocycles. The number of aryl methyl sites for hydroxylation is 1. The molecule has 1 atom stereocenters. The lowest BCUT2D eigenvalue weighted by Crippen LogP contribution is -2.46. The molecule has 1 heterocycles. The van der Waals surface area contributed by atoms with E-state index in [9.17, 15) is 9.90 Å². The standard InChI is InChI=1S/C28H46O11/c1-22-21-25-24(23(2)26(22)29)5-6-28(3,39-25)27(30)38-20-19-37-18-17-36-16-15-35-14-13-34-12-11-33-10-9-32-8-7-31-4/h21,29H,5-20H2,1-4H3. The molecule has 224 valence electrons. The van der Waals surface area contributed by atoms with Gasteiger partial charge in [-0.3, -0.25) is 0 Å². The fourth-order valence-electron chi connectivity index (χ4n) is 3.87. The van der Waals surface area contributed by atoms with Gasteiger partial charge in [0.2, 0.25) is 5.60 Å². The summed E-state index contributed by atoms with van der Waals surface area (Å²) in [5.41, 5.74) is 1.38. The zero-order valence-corrected chi connectivity index (χ0v) is 23.9. The summed E-state index contributed by atoms with van der Waals surface area (Å²) >= 11 is 0. The van der Waals surface area contributed by atoms with E-state index in [0.29, 0.717) is 103 Å². The van der Waals surface area contributed by atoms with Gasteiger partial charge in [-0.05, 0) is 44.4 Å². The molecule has 11 nitrogen and oxygen atoms in total. The highest BCUT2D eigenvalue weighted by Gasteiger charge is 2.41. The average molecular weight is 559 g/mol. The third kappa shape index (κ3) is 12.4. The maximum absolute atomic E-state index is 12.7. The Morgan fingerprint density at radius 3 is 1.69 bits per heavy atom. The molecule has 1 aromatic carbocycles. The van der Waals surface area contributed by atoms with Crippen LogP contribution < -0.4 is 4.74 Å². The number of benzene rings is 1. The number of hydrogen-bond acceptors (Lipinski definition) is 11. The van der Waals surface area contributed by atoms with Crippen molar-refractivity contribution in [1.82, 2.24) is 0 Å². The van der Waals surface area contributed by atoms with Crippen LogP contribution in [0, 0.1) is 13.8 Å². The maximum Gasteiger partial charge on any atom is 0.350 e. The molecule has 0 amide bonds. The zero-order chi connectivity index (χ0) is 28.3. The van der Waals surface area contributed by atoms with Crippen molar-refractivity contribution in [3.63, 3.8) is 0 Å². The molecule has 1 aromatic rings. The van der Waals surface area contributed by atoms with Crippen molar-refractivity contribution in [2.75, 3.05) is 99.6 Å². The molecule has 0 spiro atoms. The smallest absolute Gasteiger partial charge is 0.350 e. The van der Waals surface area contributed by atoms with Gasteiger partial charge < -0.3 is 47.7 Å². The minimum Gasteiger partial charge on any atom is -0.507 e. The number of methoxy groups -OCH3 is 1. The topological polar surface area (TPSA) is 120 Å². The van der Waals surface area contributed by atoms with Crippen molar-refractivity contribution in [2.45, 2.75) is 39.2 Å². The Hall–Kier alpha value is -1.99. The summed E-state index contributed by atoms with van der Waals surface area (Å²) < 4.78 is 48.8. The van der Waals surface area contributed by atoms with Crippen molar-refractivity contribution in [2.24, 2.45) is 0 Å². The van der Waals surface area contributed by atoms with Crippen molar-refractivity contribution in [1.29, 1.82) is 0 Å². The molecular weight excluding hydrogens is 512 g/mol. The first-order chi connectivity index (χ1) is 18.9. The van der Waals surface area contributed by atoms with E-state index >= 15 is 0 Å². The molecule has 0 fully saturated rings. The van der Waals surface area contributed by atoms with E-state index in [4.69, 9.17) is 42.6 Å². The largest absolute Gasteiger partial charge is 0.507 e. The van der Waals surface area contributed by atoms with E-state index < -0.39 is 11.6 Å². The fourth-order valence-corrected chi connectivity index (χ4v) is 3.87. The third-order valence-corrected chi connectivity index (χ3v) is 6.20. The highest BCUT2D eigenvalue weighted by molar-refractivity contribution is 5.80. The summed E-state index contributed by atoms with van der Waals surface area (Å²) in [4.78, 5) is 12.7. The Kier molecular flexibility index (Phi) is 16.3. The molecule has 0 saturated heterocycles. The summed E-state index contributed by atoms with van der Waals surface area (Å²) in [5.74, 6) is 0.476. The molecule has 1 aliphatic heterocycles. The SMILES string of the molecule is COCCOCCOCCOCCOCCOCCOCCOC(=O)C1(C)CCc2c(cc(C)c(O)c2C)O1. The van der Waals surface area contributed by atoms with Crippen LogP contribution in [0.5, 0.6) is 11.5 Å². The van der Waals surface area contributed by atoms with Crippen LogP contribution in [0.25, 0.3) is 0 Å². The second-order valence-corrected chi connectivity index (χ2v) is 9.28. The van der Waals surface area contributed by atoms with Gasteiger partial charge in [0, 0.05) is 19.1 Å². The number of aromatic hydroxyl groups is 1. The predicted molar refractivity (Wildman–Crippen MR) is 143 cm³/mol. The third-order valence-electron chi connectivity index (χ3n) is 6.20. The van der Waals surface area contributed by atoms with Crippen LogP contribution in [0.4, 0.5) is 0 Å². The second kappa shape index (κ2) is 19.1. The number of ether oxygens (including phenoxy) is 9. The van der Waals surface area contributed by atoms with Crippen molar-refractivity contribution in [3.8, 4) is 11.5 Å². The molecule has 1 N–H and O–H groups in total. The van der Waals surface area contributed by atoms with E-state index in [0.717, 1.165) is 11.1 Å².